The second-order valence-electron chi connectivity index (χ2n) is 7.71. The van der Waals surface area contributed by atoms with E-state index in [-0.39, 0.29) is 17.9 Å². The standard InChI is InChI=1S/C19H27N3O3/c23-18(21-17(13-3-4-13)14-5-6-14)15-7-9-22(10-8-15)19(24)20-12-16-2-1-11-25-16/h1-2,11,13-15,17H,3-10,12H2,(H,20,24)(H,21,23). The number of nitrogens with one attached hydrogen (secondary N) is 2. The molecule has 3 amide bonds. The number of likely N-dealkylation sites (tertiary alicyclic amines) is 1. The zero-order chi connectivity index (χ0) is 17.2. The lowest BCUT2D eigenvalue weighted by Crippen LogP contribution is -2.48. The van der Waals surface area contributed by atoms with E-state index in [2.05, 4.69) is 10.6 Å². The molecule has 2 aliphatic carbocycles. The number of rotatable bonds is 6. The Labute approximate surface area is 148 Å². The quantitative estimate of drug-likeness (QED) is 0.832. The Morgan fingerprint density at radius 2 is 1.80 bits per heavy atom. The van der Waals surface area contributed by atoms with E-state index in [0.29, 0.717) is 25.7 Å². The minimum absolute atomic E-state index is 0.0501. The van der Waals surface area contributed by atoms with E-state index in [1.54, 1.807) is 11.2 Å². The smallest absolute Gasteiger partial charge is 0.317 e. The summed E-state index contributed by atoms with van der Waals surface area (Å²) in [5.74, 6) is 2.45. The van der Waals surface area contributed by atoms with Gasteiger partial charge in [-0.1, -0.05) is 0 Å². The minimum atomic E-state index is -0.0795. The van der Waals surface area contributed by atoms with Crippen molar-refractivity contribution in [2.75, 3.05) is 13.1 Å². The Bertz CT molecular complexity index is 587. The predicted molar refractivity (Wildman–Crippen MR) is 92.6 cm³/mol. The molecule has 3 aliphatic rings. The number of carbonyl (C=O) groups excluding carboxylic acids is 2. The van der Waals surface area contributed by atoms with Gasteiger partial charge in [-0.2, -0.15) is 0 Å². The van der Waals surface area contributed by atoms with Gasteiger partial charge in [-0.15, -0.1) is 0 Å². The fraction of sp³-hybridized carbons (Fsp3) is 0.684. The van der Waals surface area contributed by atoms with Crippen molar-refractivity contribution >= 4 is 11.9 Å². The van der Waals surface area contributed by atoms with E-state index < -0.39 is 0 Å². The number of hydrogen-bond acceptors (Lipinski definition) is 3. The van der Waals surface area contributed by atoms with Crippen LogP contribution < -0.4 is 10.6 Å². The van der Waals surface area contributed by atoms with Crippen molar-refractivity contribution in [3.63, 3.8) is 0 Å². The maximum atomic E-state index is 12.6. The molecule has 2 N–H and O–H groups in total. The molecule has 2 saturated carbocycles. The molecule has 6 nitrogen and oxygen atoms in total. The van der Waals surface area contributed by atoms with Gasteiger partial charge in [0.2, 0.25) is 5.91 Å². The largest absolute Gasteiger partial charge is 0.467 e. The van der Waals surface area contributed by atoms with Gasteiger partial charge >= 0.3 is 6.03 Å². The molecule has 1 aromatic rings. The molecule has 136 valence electrons. The first-order valence-electron chi connectivity index (χ1n) is 9.56. The molecule has 0 bridgehead atoms. The van der Waals surface area contributed by atoms with Gasteiger partial charge in [0.1, 0.15) is 5.76 Å². The van der Waals surface area contributed by atoms with Crippen LogP contribution in [0.25, 0.3) is 0 Å². The van der Waals surface area contributed by atoms with Gasteiger partial charge in [0.15, 0.2) is 0 Å². The summed E-state index contributed by atoms with van der Waals surface area (Å²) in [6, 6.07) is 3.99. The van der Waals surface area contributed by atoms with Crippen molar-refractivity contribution in [1.82, 2.24) is 15.5 Å². The molecule has 0 radical (unpaired) electrons. The third-order valence-corrected chi connectivity index (χ3v) is 5.72. The highest BCUT2D eigenvalue weighted by Crippen LogP contribution is 2.44. The van der Waals surface area contributed by atoms with Crippen LogP contribution in [-0.2, 0) is 11.3 Å². The van der Waals surface area contributed by atoms with Crippen LogP contribution in [0.15, 0.2) is 22.8 Å². The lowest BCUT2D eigenvalue weighted by Gasteiger charge is -2.32. The topological polar surface area (TPSA) is 74.6 Å². The molecule has 2 heterocycles. The number of carbonyl (C=O) groups is 2. The summed E-state index contributed by atoms with van der Waals surface area (Å²) >= 11 is 0. The van der Waals surface area contributed by atoms with Crippen LogP contribution in [0.4, 0.5) is 4.79 Å². The molecule has 0 spiro atoms. The average Bonchev–Trinajstić information content (AvgIpc) is 3.57. The highest BCUT2D eigenvalue weighted by molar-refractivity contribution is 5.80. The average molecular weight is 345 g/mol. The monoisotopic (exact) mass is 345 g/mol. The summed E-state index contributed by atoms with van der Waals surface area (Å²) in [6.07, 6.45) is 8.20. The van der Waals surface area contributed by atoms with Crippen LogP contribution in [0, 0.1) is 17.8 Å². The number of amides is 3. The minimum Gasteiger partial charge on any atom is -0.467 e. The van der Waals surface area contributed by atoms with Gasteiger partial charge in [-0.05, 0) is 62.5 Å². The number of piperidine rings is 1. The maximum absolute atomic E-state index is 12.6. The summed E-state index contributed by atoms with van der Waals surface area (Å²) in [7, 11) is 0. The van der Waals surface area contributed by atoms with Gasteiger partial charge in [0.25, 0.3) is 0 Å². The molecule has 0 unspecified atom stereocenters. The zero-order valence-corrected chi connectivity index (χ0v) is 14.6. The Hall–Kier alpha value is -1.98. The van der Waals surface area contributed by atoms with E-state index in [0.717, 1.165) is 30.4 Å². The van der Waals surface area contributed by atoms with E-state index in [9.17, 15) is 9.59 Å². The molecule has 4 rings (SSSR count). The molecule has 1 aromatic heterocycles. The summed E-state index contributed by atoms with van der Waals surface area (Å²) < 4.78 is 5.22. The fourth-order valence-corrected chi connectivity index (χ4v) is 3.85. The van der Waals surface area contributed by atoms with Crippen molar-refractivity contribution in [1.29, 1.82) is 0 Å². The maximum Gasteiger partial charge on any atom is 0.317 e. The number of nitrogens with zero attached hydrogens (tertiary/aromatic N) is 1. The normalized spacial score (nSPS) is 21.4. The molecular formula is C19H27N3O3. The van der Waals surface area contributed by atoms with Crippen molar-refractivity contribution in [3.8, 4) is 0 Å². The Kier molecular flexibility index (Phi) is 4.68. The van der Waals surface area contributed by atoms with E-state index in [1.165, 1.54) is 25.7 Å². The first kappa shape index (κ1) is 16.5. The molecule has 1 saturated heterocycles. The first-order chi connectivity index (χ1) is 12.2. The van der Waals surface area contributed by atoms with E-state index in [4.69, 9.17) is 4.42 Å². The van der Waals surface area contributed by atoms with Crippen LogP contribution in [0.5, 0.6) is 0 Å². The van der Waals surface area contributed by atoms with Crippen LogP contribution in [0.2, 0.25) is 0 Å². The van der Waals surface area contributed by atoms with Gasteiger partial charge < -0.3 is 20.0 Å². The Balaban J connectivity index is 1.20. The molecule has 0 aromatic carbocycles. The van der Waals surface area contributed by atoms with Crippen molar-refractivity contribution in [2.24, 2.45) is 17.8 Å². The van der Waals surface area contributed by atoms with Crippen LogP contribution >= 0.6 is 0 Å². The highest BCUT2D eigenvalue weighted by atomic mass is 16.3. The highest BCUT2D eigenvalue weighted by Gasteiger charge is 2.43. The second kappa shape index (κ2) is 7.10. The van der Waals surface area contributed by atoms with Crippen LogP contribution in [0.3, 0.4) is 0 Å². The summed E-state index contributed by atoms with van der Waals surface area (Å²) in [5.41, 5.74) is 0. The molecular weight excluding hydrogens is 318 g/mol. The molecule has 25 heavy (non-hydrogen) atoms. The van der Waals surface area contributed by atoms with Crippen LogP contribution in [0.1, 0.15) is 44.3 Å². The van der Waals surface area contributed by atoms with Gasteiger partial charge in [0, 0.05) is 25.0 Å². The lowest BCUT2D eigenvalue weighted by molar-refractivity contribution is -0.127. The van der Waals surface area contributed by atoms with E-state index in [1.807, 2.05) is 12.1 Å². The molecule has 3 fully saturated rings. The molecule has 6 heteroatoms. The third kappa shape index (κ3) is 4.17. The Morgan fingerprint density at radius 3 is 2.36 bits per heavy atom. The predicted octanol–water partition coefficient (Wildman–Crippen LogP) is 2.51. The fourth-order valence-electron chi connectivity index (χ4n) is 3.85. The van der Waals surface area contributed by atoms with E-state index >= 15 is 0 Å². The SMILES string of the molecule is O=C(NC(C1CC1)C1CC1)C1CCN(C(=O)NCc2ccco2)CC1. The first-order valence-corrected chi connectivity index (χ1v) is 9.56. The summed E-state index contributed by atoms with van der Waals surface area (Å²) in [4.78, 5) is 26.6. The lowest BCUT2D eigenvalue weighted by atomic mass is 9.95. The van der Waals surface area contributed by atoms with Gasteiger partial charge in [-0.25, -0.2) is 4.79 Å². The van der Waals surface area contributed by atoms with Crippen LogP contribution in [-0.4, -0.2) is 36.0 Å². The summed E-state index contributed by atoms with van der Waals surface area (Å²) in [5, 5.41) is 6.20. The third-order valence-electron chi connectivity index (χ3n) is 5.72. The molecule has 0 atom stereocenters. The van der Waals surface area contributed by atoms with Crippen molar-refractivity contribution < 1.29 is 14.0 Å². The zero-order valence-electron chi connectivity index (χ0n) is 14.6. The van der Waals surface area contributed by atoms with Gasteiger partial charge in [-0.3, -0.25) is 4.79 Å². The van der Waals surface area contributed by atoms with Gasteiger partial charge in [0.05, 0.1) is 12.8 Å². The van der Waals surface area contributed by atoms with Crippen molar-refractivity contribution in [3.05, 3.63) is 24.2 Å². The number of furan rings is 1. The van der Waals surface area contributed by atoms with Crippen molar-refractivity contribution in [2.45, 2.75) is 51.1 Å². The Morgan fingerprint density at radius 1 is 1.12 bits per heavy atom. The summed E-state index contributed by atoms with van der Waals surface area (Å²) in [6.45, 7) is 1.68. The second-order valence-corrected chi connectivity index (χ2v) is 7.71. The molecule has 1 aliphatic heterocycles. The number of hydrogen-bond donors (Lipinski definition) is 2. The number of urea groups is 1.